The van der Waals surface area contributed by atoms with Crippen molar-refractivity contribution >= 4 is 29.3 Å². The molecule has 6 heteroatoms. The molecule has 1 fully saturated rings. The van der Waals surface area contributed by atoms with E-state index in [-0.39, 0.29) is 17.6 Å². The van der Waals surface area contributed by atoms with E-state index in [2.05, 4.69) is 10.3 Å². The molecule has 17 heavy (non-hydrogen) atoms. The zero-order chi connectivity index (χ0) is 12.3. The third-order valence-corrected chi connectivity index (χ3v) is 4.09. The number of aromatic nitrogens is 1. The fourth-order valence-electron chi connectivity index (χ4n) is 1.63. The van der Waals surface area contributed by atoms with Crippen molar-refractivity contribution in [2.45, 2.75) is 12.0 Å². The van der Waals surface area contributed by atoms with Gasteiger partial charge in [-0.1, -0.05) is 11.6 Å². The van der Waals surface area contributed by atoms with Crippen molar-refractivity contribution < 1.29 is 9.90 Å². The number of hydrogen-bond donors (Lipinski definition) is 2. The van der Waals surface area contributed by atoms with Gasteiger partial charge in [-0.15, -0.1) is 0 Å². The Morgan fingerprint density at radius 3 is 3.18 bits per heavy atom. The molecule has 0 bridgehead atoms. The molecule has 1 unspecified atom stereocenters. The predicted molar refractivity (Wildman–Crippen MR) is 68.5 cm³/mol. The number of halogens is 1. The summed E-state index contributed by atoms with van der Waals surface area (Å²) in [5, 5.41) is 13.1. The summed E-state index contributed by atoms with van der Waals surface area (Å²) in [6.45, 7) is 0.277. The Kier molecular flexibility index (Phi) is 3.91. The van der Waals surface area contributed by atoms with Crippen LogP contribution in [-0.4, -0.2) is 39.6 Å². The molecule has 1 saturated heterocycles. The molecular weight excluding hydrogens is 260 g/mol. The van der Waals surface area contributed by atoms with Gasteiger partial charge in [-0.25, -0.2) is 4.98 Å². The van der Waals surface area contributed by atoms with Crippen LogP contribution < -0.4 is 5.32 Å². The SMILES string of the molecule is O=C(NCC1(O)CCSC1)c1ccnc(Cl)c1. The largest absolute Gasteiger partial charge is 0.387 e. The lowest BCUT2D eigenvalue weighted by molar-refractivity contribution is 0.0612. The number of aliphatic hydroxyl groups is 1. The van der Waals surface area contributed by atoms with Gasteiger partial charge in [0.2, 0.25) is 0 Å². The van der Waals surface area contributed by atoms with Gasteiger partial charge in [0.05, 0.1) is 5.60 Å². The van der Waals surface area contributed by atoms with Crippen molar-refractivity contribution in [1.82, 2.24) is 10.3 Å². The minimum atomic E-state index is -0.767. The number of rotatable bonds is 3. The molecule has 0 saturated carbocycles. The van der Waals surface area contributed by atoms with Gasteiger partial charge in [0, 0.05) is 24.1 Å². The molecule has 0 spiro atoms. The van der Waals surface area contributed by atoms with E-state index in [1.807, 2.05) is 0 Å². The summed E-state index contributed by atoms with van der Waals surface area (Å²) in [7, 11) is 0. The molecule has 0 aliphatic carbocycles. The quantitative estimate of drug-likeness (QED) is 0.815. The van der Waals surface area contributed by atoms with E-state index in [9.17, 15) is 9.90 Å². The summed E-state index contributed by atoms with van der Waals surface area (Å²) < 4.78 is 0. The van der Waals surface area contributed by atoms with Crippen molar-refractivity contribution in [2.75, 3.05) is 18.1 Å². The highest BCUT2D eigenvalue weighted by molar-refractivity contribution is 7.99. The molecular formula is C11H13ClN2O2S. The fraction of sp³-hybridized carbons (Fsp3) is 0.455. The summed E-state index contributed by atoms with van der Waals surface area (Å²) >= 11 is 7.40. The van der Waals surface area contributed by atoms with Crippen LogP contribution in [0, 0.1) is 0 Å². The first-order valence-electron chi connectivity index (χ1n) is 5.29. The van der Waals surface area contributed by atoms with Crippen molar-refractivity contribution in [3.8, 4) is 0 Å². The van der Waals surface area contributed by atoms with Crippen LogP contribution in [-0.2, 0) is 0 Å². The van der Waals surface area contributed by atoms with Gasteiger partial charge in [0.15, 0.2) is 0 Å². The Hall–Kier alpha value is -0.780. The molecule has 1 aliphatic heterocycles. The molecule has 1 amide bonds. The van der Waals surface area contributed by atoms with Crippen LogP contribution in [0.1, 0.15) is 16.8 Å². The molecule has 1 aromatic heterocycles. The normalized spacial score (nSPS) is 23.6. The smallest absolute Gasteiger partial charge is 0.251 e. The van der Waals surface area contributed by atoms with Gasteiger partial charge in [-0.05, 0) is 24.3 Å². The van der Waals surface area contributed by atoms with Gasteiger partial charge >= 0.3 is 0 Å². The highest BCUT2D eigenvalue weighted by atomic mass is 35.5. The summed E-state index contributed by atoms with van der Waals surface area (Å²) in [4.78, 5) is 15.6. The van der Waals surface area contributed by atoms with E-state index in [1.165, 1.54) is 12.3 Å². The minimum absolute atomic E-state index is 0.236. The zero-order valence-corrected chi connectivity index (χ0v) is 10.7. The first kappa shape index (κ1) is 12.7. The Morgan fingerprint density at radius 2 is 2.53 bits per heavy atom. The van der Waals surface area contributed by atoms with Gasteiger partial charge in [0.25, 0.3) is 5.91 Å². The number of nitrogens with one attached hydrogen (secondary N) is 1. The number of nitrogens with zero attached hydrogens (tertiary/aromatic N) is 1. The number of carbonyl (C=O) groups is 1. The van der Waals surface area contributed by atoms with Crippen LogP contribution in [0.3, 0.4) is 0 Å². The third-order valence-electron chi connectivity index (χ3n) is 2.65. The van der Waals surface area contributed by atoms with Gasteiger partial charge in [-0.3, -0.25) is 4.79 Å². The van der Waals surface area contributed by atoms with Crippen molar-refractivity contribution in [2.24, 2.45) is 0 Å². The molecule has 4 nitrogen and oxygen atoms in total. The van der Waals surface area contributed by atoms with E-state index in [1.54, 1.807) is 17.8 Å². The standard InChI is InChI=1S/C11H13ClN2O2S/c12-9-5-8(1-3-13-9)10(15)14-6-11(16)2-4-17-7-11/h1,3,5,16H,2,4,6-7H2,(H,14,15). The molecule has 92 valence electrons. The summed E-state index contributed by atoms with van der Waals surface area (Å²) in [6, 6.07) is 3.10. The zero-order valence-electron chi connectivity index (χ0n) is 9.15. The summed E-state index contributed by atoms with van der Waals surface area (Å²) in [5.41, 5.74) is -0.309. The lowest BCUT2D eigenvalue weighted by atomic mass is 10.0. The summed E-state index contributed by atoms with van der Waals surface area (Å²) in [5.74, 6) is 1.37. The maximum atomic E-state index is 11.8. The van der Waals surface area contributed by atoms with Crippen LogP contribution in [0.5, 0.6) is 0 Å². The van der Waals surface area contributed by atoms with E-state index in [0.29, 0.717) is 11.3 Å². The Morgan fingerprint density at radius 1 is 1.71 bits per heavy atom. The molecule has 1 aliphatic rings. The second-order valence-electron chi connectivity index (χ2n) is 4.08. The Labute approximate surface area is 109 Å². The van der Waals surface area contributed by atoms with Crippen LogP contribution in [0.25, 0.3) is 0 Å². The van der Waals surface area contributed by atoms with Crippen LogP contribution in [0.2, 0.25) is 5.15 Å². The molecule has 2 rings (SSSR count). The Bertz CT molecular complexity index is 422. The fourth-order valence-corrected chi connectivity index (χ4v) is 3.10. The first-order chi connectivity index (χ1) is 8.09. The van der Waals surface area contributed by atoms with E-state index < -0.39 is 5.60 Å². The molecule has 2 N–H and O–H groups in total. The average molecular weight is 273 g/mol. The van der Waals surface area contributed by atoms with Crippen LogP contribution in [0.4, 0.5) is 0 Å². The van der Waals surface area contributed by atoms with E-state index in [4.69, 9.17) is 11.6 Å². The monoisotopic (exact) mass is 272 g/mol. The highest BCUT2D eigenvalue weighted by Crippen LogP contribution is 2.27. The maximum absolute atomic E-state index is 11.8. The number of hydrogen-bond acceptors (Lipinski definition) is 4. The van der Waals surface area contributed by atoms with Crippen molar-refractivity contribution in [3.63, 3.8) is 0 Å². The van der Waals surface area contributed by atoms with Crippen LogP contribution >= 0.6 is 23.4 Å². The lowest BCUT2D eigenvalue weighted by Gasteiger charge is -2.21. The second kappa shape index (κ2) is 5.25. The number of amides is 1. The van der Waals surface area contributed by atoms with Gasteiger partial charge < -0.3 is 10.4 Å². The third kappa shape index (κ3) is 3.34. The van der Waals surface area contributed by atoms with Crippen molar-refractivity contribution in [1.29, 1.82) is 0 Å². The maximum Gasteiger partial charge on any atom is 0.251 e. The lowest BCUT2D eigenvalue weighted by Crippen LogP contribution is -2.42. The number of pyridine rings is 1. The van der Waals surface area contributed by atoms with E-state index >= 15 is 0 Å². The molecule has 0 aromatic carbocycles. The summed E-state index contributed by atoms with van der Waals surface area (Å²) in [6.07, 6.45) is 2.20. The molecule has 1 aromatic rings. The topological polar surface area (TPSA) is 62.2 Å². The molecule has 1 atom stereocenters. The number of thioether (sulfide) groups is 1. The Balaban J connectivity index is 1.93. The number of carbonyl (C=O) groups excluding carboxylic acids is 1. The second-order valence-corrected chi connectivity index (χ2v) is 5.57. The predicted octanol–water partition coefficient (Wildman–Crippen LogP) is 1.33. The van der Waals surface area contributed by atoms with E-state index in [0.717, 1.165) is 12.2 Å². The van der Waals surface area contributed by atoms with Crippen LogP contribution in [0.15, 0.2) is 18.3 Å². The highest BCUT2D eigenvalue weighted by Gasteiger charge is 2.31. The molecule has 0 radical (unpaired) electrons. The average Bonchev–Trinajstić information content (AvgIpc) is 2.74. The first-order valence-corrected chi connectivity index (χ1v) is 6.82. The minimum Gasteiger partial charge on any atom is -0.387 e. The molecule has 2 heterocycles. The van der Waals surface area contributed by atoms with Gasteiger partial charge in [-0.2, -0.15) is 11.8 Å². The van der Waals surface area contributed by atoms with Crippen molar-refractivity contribution in [3.05, 3.63) is 29.0 Å². The van der Waals surface area contributed by atoms with Gasteiger partial charge in [0.1, 0.15) is 5.15 Å².